The molecule has 0 saturated heterocycles. The summed E-state index contributed by atoms with van der Waals surface area (Å²) in [6.45, 7) is 3.49. The Morgan fingerprint density at radius 2 is 2.00 bits per heavy atom. The summed E-state index contributed by atoms with van der Waals surface area (Å²) in [5.41, 5.74) is 0.853. The van der Waals surface area contributed by atoms with Gasteiger partial charge >= 0.3 is 11.1 Å². The van der Waals surface area contributed by atoms with Crippen LogP contribution in [0.2, 0.25) is 0 Å². The number of carbonyl (C=O) groups excluding carboxylic acids is 1. The molecule has 0 aliphatic heterocycles. The molecule has 2 aromatic heterocycles. The van der Waals surface area contributed by atoms with Gasteiger partial charge in [-0.2, -0.15) is 9.97 Å². The summed E-state index contributed by atoms with van der Waals surface area (Å²) >= 11 is -1.41. The van der Waals surface area contributed by atoms with Crippen molar-refractivity contribution >= 4 is 28.2 Å². The first-order chi connectivity index (χ1) is 12.5. The molecular formula is C18H17N3O4S. The van der Waals surface area contributed by atoms with Gasteiger partial charge in [0.15, 0.2) is 5.65 Å². The van der Waals surface area contributed by atoms with E-state index >= 15 is 0 Å². The summed E-state index contributed by atoms with van der Waals surface area (Å²) in [5, 5.41) is 0.279. The summed E-state index contributed by atoms with van der Waals surface area (Å²) in [5.74, 6) is -0.690. The minimum atomic E-state index is -1.41. The third-order valence-corrected chi connectivity index (χ3v) is 4.59. The van der Waals surface area contributed by atoms with E-state index in [0.717, 1.165) is 0 Å². The second-order valence-electron chi connectivity index (χ2n) is 5.52. The lowest BCUT2D eigenvalue weighted by Crippen LogP contribution is -2.25. The van der Waals surface area contributed by atoms with Crippen LogP contribution in [-0.4, -0.2) is 37.9 Å². The van der Waals surface area contributed by atoms with Crippen LogP contribution < -0.4 is 5.43 Å². The van der Waals surface area contributed by atoms with Crippen LogP contribution in [0.5, 0.6) is 0 Å². The molecule has 0 N–H and O–H groups in total. The van der Waals surface area contributed by atoms with Crippen molar-refractivity contribution in [2.24, 2.45) is 0 Å². The van der Waals surface area contributed by atoms with Crippen molar-refractivity contribution in [1.82, 2.24) is 14.5 Å². The first-order valence-corrected chi connectivity index (χ1v) is 9.49. The van der Waals surface area contributed by atoms with Crippen molar-refractivity contribution in [3.8, 4) is 5.69 Å². The van der Waals surface area contributed by atoms with Crippen molar-refractivity contribution in [3.05, 3.63) is 58.0 Å². The standard InChI is InChI=1S/C18H17N3O4S/c1-4-25-17(23)14-11(2)21(12-8-6-5-7-9-12)16-13(15(14)22)10-19-18(20-16)26(3)24/h5-10H,4H2,1-3H3. The second kappa shape index (κ2) is 7.27. The van der Waals surface area contributed by atoms with Gasteiger partial charge in [0.25, 0.3) is 0 Å². The third-order valence-electron chi connectivity index (χ3n) is 3.88. The van der Waals surface area contributed by atoms with E-state index in [2.05, 4.69) is 9.97 Å². The van der Waals surface area contributed by atoms with Crippen LogP contribution in [0, 0.1) is 6.92 Å². The lowest BCUT2D eigenvalue weighted by atomic mass is 10.1. The average molecular weight is 371 g/mol. The number of esters is 1. The Bertz CT molecular complexity index is 1030. The molecule has 1 atom stereocenters. The Hall–Kier alpha value is -2.71. The van der Waals surface area contributed by atoms with E-state index in [-0.39, 0.29) is 22.7 Å². The summed E-state index contributed by atoms with van der Waals surface area (Å²) < 4.78 is 18.5. The van der Waals surface area contributed by atoms with Crippen molar-refractivity contribution in [1.29, 1.82) is 0 Å². The highest BCUT2D eigenvalue weighted by Gasteiger charge is 2.24. The zero-order chi connectivity index (χ0) is 18.8. The summed E-state index contributed by atoms with van der Waals surface area (Å²) in [6, 6.07) is 9.19. The van der Waals surface area contributed by atoms with E-state index in [0.29, 0.717) is 17.0 Å². The predicted octanol–water partition coefficient (Wildman–Crippen LogP) is 2.00. The molecule has 0 aliphatic rings. The summed E-state index contributed by atoms with van der Waals surface area (Å²) in [4.78, 5) is 33.5. The van der Waals surface area contributed by atoms with Crippen molar-refractivity contribution < 1.29 is 14.1 Å². The number of benzene rings is 1. The minimum absolute atomic E-state index is 0.0582. The Balaban J connectivity index is 2.45. The highest BCUT2D eigenvalue weighted by Crippen LogP contribution is 2.21. The Labute approximate surface area is 152 Å². The molecule has 0 saturated carbocycles. The fourth-order valence-electron chi connectivity index (χ4n) is 2.73. The number of ether oxygens (including phenoxy) is 1. The third kappa shape index (κ3) is 3.09. The zero-order valence-electron chi connectivity index (χ0n) is 14.6. The zero-order valence-corrected chi connectivity index (χ0v) is 15.4. The Kier molecular flexibility index (Phi) is 5.06. The number of carbonyl (C=O) groups is 1. The first kappa shape index (κ1) is 18.1. The van der Waals surface area contributed by atoms with Crippen molar-refractivity contribution in [3.63, 3.8) is 0 Å². The molecule has 7 nitrogen and oxygen atoms in total. The number of hydrogen-bond donors (Lipinski definition) is 0. The molecule has 0 spiro atoms. The number of aromatic nitrogens is 3. The molecule has 134 valence electrons. The van der Waals surface area contributed by atoms with Crippen LogP contribution in [0.1, 0.15) is 23.0 Å². The van der Waals surface area contributed by atoms with E-state index < -0.39 is 22.6 Å². The normalized spacial score (nSPS) is 12.2. The van der Waals surface area contributed by atoms with Gasteiger partial charge in [0, 0.05) is 28.8 Å². The van der Waals surface area contributed by atoms with Gasteiger partial charge in [-0.3, -0.25) is 9.36 Å². The predicted molar refractivity (Wildman–Crippen MR) is 98.2 cm³/mol. The van der Waals surface area contributed by atoms with Crippen LogP contribution in [0.25, 0.3) is 16.7 Å². The quantitative estimate of drug-likeness (QED) is 0.395. The molecule has 0 amide bonds. The fourth-order valence-corrected chi connectivity index (χ4v) is 3.15. The number of fused-ring (bicyclic) bond motifs is 1. The number of pyridine rings is 1. The van der Waals surface area contributed by atoms with E-state index in [1.165, 1.54) is 12.5 Å². The lowest BCUT2D eigenvalue weighted by Gasteiger charge is -2.17. The van der Waals surface area contributed by atoms with Crippen LogP contribution in [0.3, 0.4) is 0 Å². The van der Waals surface area contributed by atoms with Gasteiger partial charge < -0.3 is 9.29 Å². The van der Waals surface area contributed by atoms with E-state index in [1.54, 1.807) is 18.4 Å². The van der Waals surface area contributed by atoms with E-state index in [4.69, 9.17) is 4.74 Å². The molecule has 2 heterocycles. The number of hydrogen-bond acceptors (Lipinski definition) is 6. The van der Waals surface area contributed by atoms with Crippen LogP contribution in [-0.2, 0) is 15.9 Å². The highest BCUT2D eigenvalue weighted by molar-refractivity contribution is 7.90. The molecule has 26 heavy (non-hydrogen) atoms. The van der Waals surface area contributed by atoms with Crippen LogP contribution in [0.4, 0.5) is 0 Å². The van der Waals surface area contributed by atoms with E-state index in [1.807, 2.05) is 30.3 Å². The maximum Gasteiger partial charge on any atom is 0.344 e. The maximum atomic E-state index is 12.9. The van der Waals surface area contributed by atoms with Crippen LogP contribution in [0.15, 0.2) is 46.5 Å². The van der Waals surface area contributed by atoms with Gasteiger partial charge in [-0.1, -0.05) is 18.2 Å². The maximum absolute atomic E-state index is 12.9. The number of para-hydroxylation sites is 1. The van der Waals surface area contributed by atoms with Crippen LogP contribution >= 0.6 is 0 Å². The van der Waals surface area contributed by atoms with Gasteiger partial charge in [0.05, 0.1) is 12.0 Å². The Morgan fingerprint density at radius 3 is 2.62 bits per heavy atom. The summed E-state index contributed by atoms with van der Waals surface area (Å²) in [7, 11) is 0. The molecule has 0 aliphatic carbocycles. The van der Waals surface area contributed by atoms with Crippen molar-refractivity contribution in [2.45, 2.75) is 19.0 Å². The van der Waals surface area contributed by atoms with E-state index in [9.17, 15) is 14.1 Å². The highest BCUT2D eigenvalue weighted by atomic mass is 32.2. The fraction of sp³-hybridized carbons (Fsp3) is 0.222. The van der Waals surface area contributed by atoms with Gasteiger partial charge in [-0.15, -0.1) is 0 Å². The Morgan fingerprint density at radius 1 is 1.31 bits per heavy atom. The summed E-state index contributed by atoms with van der Waals surface area (Å²) in [6.07, 6.45) is 2.77. The smallest absolute Gasteiger partial charge is 0.344 e. The van der Waals surface area contributed by atoms with Gasteiger partial charge in [0.1, 0.15) is 11.8 Å². The average Bonchev–Trinajstić information content (AvgIpc) is 2.62. The number of nitrogens with zero attached hydrogens (tertiary/aromatic N) is 3. The van der Waals surface area contributed by atoms with Gasteiger partial charge in [-0.25, -0.2) is 4.79 Å². The molecule has 1 aromatic carbocycles. The molecule has 0 radical (unpaired) electrons. The van der Waals surface area contributed by atoms with Gasteiger partial charge in [0.2, 0.25) is 5.43 Å². The second-order valence-corrected chi connectivity index (χ2v) is 6.80. The van der Waals surface area contributed by atoms with Crippen molar-refractivity contribution in [2.75, 3.05) is 12.9 Å². The molecular weight excluding hydrogens is 354 g/mol. The first-order valence-electron chi connectivity index (χ1n) is 7.94. The lowest BCUT2D eigenvalue weighted by molar-refractivity contribution is 0.0523. The number of rotatable bonds is 4. The molecule has 8 heteroatoms. The largest absolute Gasteiger partial charge is 0.609 e. The molecule has 3 rings (SSSR count). The molecule has 0 fully saturated rings. The molecule has 0 bridgehead atoms. The molecule has 1 unspecified atom stereocenters. The minimum Gasteiger partial charge on any atom is -0.609 e. The SMILES string of the molecule is CCOC(=O)c1c(C)n(-c2ccccc2)c2nc([S+](C)[O-])ncc2c1=O. The van der Waals surface area contributed by atoms with Gasteiger partial charge in [-0.05, 0) is 26.0 Å². The molecule has 3 aromatic rings. The monoisotopic (exact) mass is 371 g/mol. The topological polar surface area (TPSA) is 97.1 Å².